The Balaban J connectivity index is 2.01. The standard InChI is InChI=1S/C12H18N2/c1-2-6-12(7-3-1)14-10-5-4-8-13-9-11-14/h1-3,6-7,13H,4-5,8-11H2. The molecule has 2 rings (SSSR count). The van der Waals surface area contributed by atoms with Crippen molar-refractivity contribution in [1.29, 1.82) is 0 Å². The molecule has 0 spiro atoms. The van der Waals surface area contributed by atoms with Gasteiger partial charge in [-0.1, -0.05) is 18.2 Å². The summed E-state index contributed by atoms with van der Waals surface area (Å²) in [6.07, 6.45) is 2.59. The van der Waals surface area contributed by atoms with Crippen molar-refractivity contribution in [1.82, 2.24) is 5.32 Å². The SMILES string of the molecule is c1ccc(N2CCCCNCC2)cc1. The zero-order valence-electron chi connectivity index (χ0n) is 8.58. The lowest BCUT2D eigenvalue weighted by atomic mass is 10.2. The van der Waals surface area contributed by atoms with Gasteiger partial charge in [-0.2, -0.15) is 0 Å². The number of anilines is 1. The van der Waals surface area contributed by atoms with Crippen LogP contribution in [0.4, 0.5) is 5.69 Å². The predicted octanol–water partition coefficient (Wildman–Crippen LogP) is 1.88. The summed E-state index contributed by atoms with van der Waals surface area (Å²) in [6.45, 7) is 4.62. The van der Waals surface area contributed by atoms with Crippen LogP contribution in [0, 0.1) is 0 Å². The minimum Gasteiger partial charge on any atom is -0.370 e. The molecule has 1 saturated heterocycles. The average Bonchev–Trinajstić information content (AvgIpc) is 2.18. The molecule has 0 amide bonds. The zero-order chi connectivity index (χ0) is 9.64. The third-order valence-corrected chi connectivity index (χ3v) is 2.71. The molecule has 1 heterocycles. The van der Waals surface area contributed by atoms with Gasteiger partial charge in [-0.15, -0.1) is 0 Å². The number of hydrogen-bond donors (Lipinski definition) is 1. The van der Waals surface area contributed by atoms with E-state index < -0.39 is 0 Å². The second kappa shape index (κ2) is 5.01. The molecule has 0 aliphatic carbocycles. The summed E-state index contributed by atoms with van der Waals surface area (Å²) in [4.78, 5) is 2.46. The Kier molecular flexibility index (Phi) is 3.41. The van der Waals surface area contributed by atoms with Gasteiger partial charge in [0.05, 0.1) is 0 Å². The van der Waals surface area contributed by atoms with Gasteiger partial charge < -0.3 is 10.2 Å². The highest BCUT2D eigenvalue weighted by molar-refractivity contribution is 5.45. The van der Waals surface area contributed by atoms with Gasteiger partial charge in [-0.05, 0) is 31.5 Å². The average molecular weight is 190 g/mol. The van der Waals surface area contributed by atoms with Crippen LogP contribution in [0.5, 0.6) is 0 Å². The Morgan fingerprint density at radius 2 is 1.79 bits per heavy atom. The summed E-state index contributed by atoms with van der Waals surface area (Å²) in [5, 5.41) is 3.45. The van der Waals surface area contributed by atoms with E-state index in [-0.39, 0.29) is 0 Å². The van der Waals surface area contributed by atoms with Crippen molar-refractivity contribution in [3.8, 4) is 0 Å². The maximum absolute atomic E-state index is 3.45. The van der Waals surface area contributed by atoms with Crippen molar-refractivity contribution in [2.45, 2.75) is 12.8 Å². The smallest absolute Gasteiger partial charge is 0.0366 e. The maximum Gasteiger partial charge on any atom is 0.0366 e. The van der Waals surface area contributed by atoms with Gasteiger partial charge in [0.2, 0.25) is 0 Å². The van der Waals surface area contributed by atoms with E-state index in [4.69, 9.17) is 0 Å². The molecule has 0 saturated carbocycles. The van der Waals surface area contributed by atoms with Crippen LogP contribution in [-0.2, 0) is 0 Å². The highest BCUT2D eigenvalue weighted by atomic mass is 15.1. The first kappa shape index (κ1) is 9.53. The van der Waals surface area contributed by atoms with Gasteiger partial charge in [-0.25, -0.2) is 0 Å². The van der Waals surface area contributed by atoms with E-state index in [9.17, 15) is 0 Å². The van der Waals surface area contributed by atoms with Crippen LogP contribution >= 0.6 is 0 Å². The lowest BCUT2D eigenvalue weighted by molar-refractivity contribution is 0.567. The topological polar surface area (TPSA) is 15.3 Å². The van der Waals surface area contributed by atoms with Gasteiger partial charge in [-0.3, -0.25) is 0 Å². The van der Waals surface area contributed by atoms with Crippen LogP contribution in [0.25, 0.3) is 0 Å². The minimum atomic E-state index is 1.11. The van der Waals surface area contributed by atoms with Gasteiger partial charge in [0.25, 0.3) is 0 Å². The first-order valence-corrected chi connectivity index (χ1v) is 5.47. The third kappa shape index (κ3) is 2.48. The Morgan fingerprint density at radius 3 is 2.64 bits per heavy atom. The first-order valence-electron chi connectivity index (χ1n) is 5.47. The normalized spacial score (nSPS) is 18.7. The van der Waals surface area contributed by atoms with Crippen LogP contribution in [-0.4, -0.2) is 26.2 Å². The van der Waals surface area contributed by atoms with E-state index in [0.717, 1.165) is 13.1 Å². The lowest BCUT2D eigenvalue weighted by Gasteiger charge is -2.27. The van der Waals surface area contributed by atoms with Gasteiger partial charge in [0.1, 0.15) is 0 Å². The monoisotopic (exact) mass is 190 g/mol. The Bertz CT molecular complexity index is 250. The van der Waals surface area contributed by atoms with E-state index in [1.54, 1.807) is 0 Å². The molecule has 1 aromatic carbocycles. The molecule has 1 fully saturated rings. The molecule has 1 aromatic rings. The molecule has 0 unspecified atom stereocenters. The molecule has 0 bridgehead atoms. The van der Waals surface area contributed by atoms with Gasteiger partial charge >= 0.3 is 0 Å². The molecular formula is C12H18N2. The number of nitrogens with one attached hydrogen (secondary N) is 1. The molecule has 2 nitrogen and oxygen atoms in total. The van der Waals surface area contributed by atoms with Crippen LogP contribution in [0.15, 0.2) is 30.3 Å². The second-order valence-corrected chi connectivity index (χ2v) is 3.78. The van der Waals surface area contributed by atoms with Crippen molar-refractivity contribution < 1.29 is 0 Å². The quantitative estimate of drug-likeness (QED) is 0.727. The number of hydrogen-bond acceptors (Lipinski definition) is 2. The lowest BCUT2D eigenvalue weighted by Crippen LogP contribution is -2.36. The van der Waals surface area contributed by atoms with Crippen molar-refractivity contribution in [2.24, 2.45) is 0 Å². The van der Waals surface area contributed by atoms with E-state index in [0.29, 0.717) is 0 Å². The number of nitrogens with zero attached hydrogens (tertiary/aromatic N) is 1. The molecule has 1 aliphatic heterocycles. The van der Waals surface area contributed by atoms with E-state index >= 15 is 0 Å². The summed E-state index contributed by atoms with van der Waals surface area (Å²) in [5.41, 5.74) is 1.36. The fraction of sp³-hybridized carbons (Fsp3) is 0.500. The molecular weight excluding hydrogens is 172 g/mol. The molecule has 14 heavy (non-hydrogen) atoms. The predicted molar refractivity (Wildman–Crippen MR) is 60.8 cm³/mol. The highest BCUT2D eigenvalue weighted by Crippen LogP contribution is 2.13. The Labute approximate surface area is 85.9 Å². The molecule has 76 valence electrons. The number of rotatable bonds is 1. The molecule has 2 heteroatoms. The molecule has 0 radical (unpaired) electrons. The van der Waals surface area contributed by atoms with E-state index in [2.05, 4.69) is 40.5 Å². The van der Waals surface area contributed by atoms with Gasteiger partial charge in [0, 0.05) is 25.3 Å². The zero-order valence-corrected chi connectivity index (χ0v) is 8.58. The summed E-state index contributed by atoms with van der Waals surface area (Å²) in [7, 11) is 0. The van der Waals surface area contributed by atoms with Crippen molar-refractivity contribution in [3.05, 3.63) is 30.3 Å². The molecule has 0 aromatic heterocycles. The van der Waals surface area contributed by atoms with Crippen molar-refractivity contribution in [2.75, 3.05) is 31.1 Å². The summed E-state index contributed by atoms with van der Waals surface area (Å²) in [5.74, 6) is 0. The summed E-state index contributed by atoms with van der Waals surface area (Å²) < 4.78 is 0. The van der Waals surface area contributed by atoms with Crippen molar-refractivity contribution in [3.63, 3.8) is 0 Å². The minimum absolute atomic E-state index is 1.11. The number of para-hydroxylation sites is 1. The van der Waals surface area contributed by atoms with Crippen LogP contribution < -0.4 is 10.2 Å². The molecule has 0 atom stereocenters. The molecule has 1 N–H and O–H groups in total. The third-order valence-electron chi connectivity index (χ3n) is 2.71. The highest BCUT2D eigenvalue weighted by Gasteiger charge is 2.07. The fourth-order valence-corrected chi connectivity index (χ4v) is 1.90. The molecule has 1 aliphatic rings. The largest absolute Gasteiger partial charge is 0.370 e. The van der Waals surface area contributed by atoms with E-state index in [1.165, 1.54) is 31.6 Å². The summed E-state index contributed by atoms with van der Waals surface area (Å²) in [6, 6.07) is 10.7. The first-order chi connectivity index (χ1) is 6.97. The van der Waals surface area contributed by atoms with Crippen LogP contribution in [0.3, 0.4) is 0 Å². The Morgan fingerprint density at radius 1 is 0.929 bits per heavy atom. The van der Waals surface area contributed by atoms with Crippen LogP contribution in [0.1, 0.15) is 12.8 Å². The van der Waals surface area contributed by atoms with Gasteiger partial charge in [0.15, 0.2) is 0 Å². The van der Waals surface area contributed by atoms with E-state index in [1.807, 2.05) is 0 Å². The Hall–Kier alpha value is -1.02. The van der Waals surface area contributed by atoms with Crippen LogP contribution in [0.2, 0.25) is 0 Å². The second-order valence-electron chi connectivity index (χ2n) is 3.78. The number of benzene rings is 1. The fourth-order valence-electron chi connectivity index (χ4n) is 1.90. The summed E-state index contributed by atoms with van der Waals surface area (Å²) >= 11 is 0. The van der Waals surface area contributed by atoms with Crippen molar-refractivity contribution >= 4 is 5.69 Å². The maximum atomic E-state index is 3.45.